The van der Waals surface area contributed by atoms with Gasteiger partial charge in [0.05, 0.1) is 21.4 Å². The van der Waals surface area contributed by atoms with Crippen molar-refractivity contribution in [1.82, 2.24) is 9.21 Å². The molecule has 0 saturated carbocycles. The summed E-state index contributed by atoms with van der Waals surface area (Å²) in [6.07, 6.45) is 0.103. The lowest BCUT2D eigenvalue weighted by Crippen LogP contribution is -2.47. The van der Waals surface area contributed by atoms with Gasteiger partial charge in [0.1, 0.15) is 0 Å². The zero-order valence-corrected chi connectivity index (χ0v) is 17.7. The standard InChI is InChI=1S/C19H21Cl2N3O3S/c1-23-7-9-24(10-8-23)28(26,27)16-4-2-3-15(13-16)22-19(25)12-14-5-6-17(20)18(21)11-14/h2-6,11,13H,7-10,12H2,1H3,(H,22,25). The number of hydrogen-bond acceptors (Lipinski definition) is 4. The van der Waals surface area contributed by atoms with Crippen molar-refractivity contribution in [2.45, 2.75) is 11.3 Å². The van der Waals surface area contributed by atoms with E-state index in [4.69, 9.17) is 23.2 Å². The van der Waals surface area contributed by atoms with Gasteiger partial charge < -0.3 is 10.2 Å². The van der Waals surface area contributed by atoms with E-state index in [2.05, 4.69) is 10.2 Å². The number of hydrogen-bond donors (Lipinski definition) is 1. The van der Waals surface area contributed by atoms with Gasteiger partial charge in [-0.15, -0.1) is 0 Å². The molecule has 0 aromatic heterocycles. The summed E-state index contributed by atoms with van der Waals surface area (Å²) in [5, 5.41) is 3.55. The Morgan fingerprint density at radius 1 is 1.04 bits per heavy atom. The van der Waals surface area contributed by atoms with Gasteiger partial charge >= 0.3 is 0 Å². The van der Waals surface area contributed by atoms with Gasteiger partial charge in [-0.3, -0.25) is 4.79 Å². The molecule has 0 atom stereocenters. The van der Waals surface area contributed by atoms with Crippen LogP contribution in [0.1, 0.15) is 5.56 Å². The highest BCUT2D eigenvalue weighted by atomic mass is 35.5. The average molecular weight is 442 g/mol. The number of likely N-dealkylation sites (N-methyl/N-ethyl adjacent to an activating group) is 1. The number of sulfonamides is 1. The number of piperazine rings is 1. The zero-order valence-electron chi connectivity index (χ0n) is 15.4. The molecule has 0 unspecified atom stereocenters. The maximum absolute atomic E-state index is 12.9. The molecule has 2 aromatic carbocycles. The van der Waals surface area contributed by atoms with Gasteiger partial charge in [-0.2, -0.15) is 4.31 Å². The third-order valence-corrected chi connectivity index (χ3v) is 7.20. The SMILES string of the molecule is CN1CCN(S(=O)(=O)c2cccc(NC(=O)Cc3ccc(Cl)c(Cl)c3)c2)CC1. The van der Waals surface area contributed by atoms with Crippen LogP contribution in [0.3, 0.4) is 0 Å². The van der Waals surface area contributed by atoms with E-state index < -0.39 is 10.0 Å². The summed E-state index contributed by atoms with van der Waals surface area (Å²) >= 11 is 11.9. The molecule has 1 aliphatic heterocycles. The van der Waals surface area contributed by atoms with Crippen LogP contribution in [0, 0.1) is 0 Å². The summed E-state index contributed by atoms with van der Waals surface area (Å²) in [5.74, 6) is -0.271. The molecule has 1 saturated heterocycles. The molecular formula is C19H21Cl2N3O3S. The van der Waals surface area contributed by atoms with Crippen LogP contribution in [-0.2, 0) is 21.2 Å². The number of halogens is 2. The van der Waals surface area contributed by atoms with Crippen molar-refractivity contribution in [2.24, 2.45) is 0 Å². The maximum Gasteiger partial charge on any atom is 0.243 e. The van der Waals surface area contributed by atoms with Crippen LogP contribution in [-0.4, -0.2) is 56.8 Å². The van der Waals surface area contributed by atoms with Crippen molar-refractivity contribution in [3.05, 3.63) is 58.1 Å². The van der Waals surface area contributed by atoms with Gasteiger partial charge in [0, 0.05) is 31.9 Å². The van der Waals surface area contributed by atoms with Crippen molar-refractivity contribution < 1.29 is 13.2 Å². The molecular weight excluding hydrogens is 421 g/mol. The molecule has 6 nitrogen and oxygen atoms in total. The van der Waals surface area contributed by atoms with E-state index >= 15 is 0 Å². The van der Waals surface area contributed by atoms with Gasteiger partial charge in [0.15, 0.2) is 0 Å². The van der Waals surface area contributed by atoms with Gasteiger partial charge in [0.2, 0.25) is 15.9 Å². The summed E-state index contributed by atoms with van der Waals surface area (Å²) in [4.78, 5) is 14.6. The molecule has 1 heterocycles. The topological polar surface area (TPSA) is 69.7 Å². The third kappa shape index (κ3) is 5.04. The number of benzene rings is 2. The molecule has 2 aromatic rings. The lowest BCUT2D eigenvalue weighted by molar-refractivity contribution is -0.115. The largest absolute Gasteiger partial charge is 0.326 e. The van der Waals surface area contributed by atoms with E-state index in [1.807, 2.05) is 7.05 Å². The molecule has 28 heavy (non-hydrogen) atoms. The van der Waals surface area contributed by atoms with Crippen LogP contribution < -0.4 is 5.32 Å². The van der Waals surface area contributed by atoms with E-state index in [9.17, 15) is 13.2 Å². The Morgan fingerprint density at radius 3 is 2.43 bits per heavy atom. The molecule has 3 rings (SSSR count). The molecule has 1 aliphatic rings. The van der Waals surface area contributed by atoms with Crippen LogP contribution in [0.25, 0.3) is 0 Å². The minimum atomic E-state index is -3.59. The normalized spacial score (nSPS) is 16.1. The summed E-state index contributed by atoms with van der Waals surface area (Å²) in [7, 11) is -1.62. The Balaban J connectivity index is 1.70. The maximum atomic E-state index is 12.9. The van der Waals surface area contributed by atoms with Crippen LogP contribution in [0.4, 0.5) is 5.69 Å². The second-order valence-corrected chi connectivity index (χ2v) is 9.46. The molecule has 150 valence electrons. The Morgan fingerprint density at radius 2 is 1.75 bits per heavy atom. The molecule has 0 radical (unpaired) electrons. The van der Waals surface area contributed by atoms with E-state index in [1.165, 1.54) is 10.4 Å². The fourth-order valence-corrected chi connectivity index (χ4v) is 4.74. The Bertz CT molecular complexity index is 974. The summed E-state index contributed by atoms with van der Waals surface area (Å²) in [5.41, 5.74) is 1.15. The highest BCUT2D eigenvalue weighted by Gasteiger charge is 2.27. The predicted molar refractivity (Wildman–Crippen MR) is 111 cm³/mol. The van der Waals surface area contributed by atoms with Crippen molar-refractivity contribution in [3.8, 4) is 0 Å². The fourth-order valence-electron chi connectivity index (χ4n) is 2.95. The molecule has 9 heteroatoms. The lowest BCUT2D eigenvalue weighted by atomic mass is 10.1. The molecule has 0 spiro atoms. The molecule has 0 aliphatic carbocycles. The molecule has 1 fully saturated rings. The summed E-state index contributed by atoms with van der Waals surface area (Å²) in [6.45, 7) is 2.29. The number of anilines is 1. The molecule has 0 bridgehead atoms. The van der Waals surface area contributed by atoms with Crippen molar-refractivity contribution in [2.75, 3.05) is 38.5 Å². The van der Waals surface area contributed by atoms with Gasteiger partial charge in [-0.25, -0.2) is 8.42 Å². The zero-order chi connectivity index (χ0) is 20.3. The first-order valence-electron chi connectivity index (χ1n) is 8.78. The average Bonchev–Trinajstić information content (AvgIpc) is 2.65. The van der Waals surface area contributed by atoms with Crippen molar-refractivity contribution in [3.63, 3.8) is 0 Å². The van der Waals surface area contributed by atoms with Gasteiger partial charge in [-0.05, 0) is 42.9 Å². The van der Waals surface area contributed by atoms with Crippen LogP contribution in [0.5, 0.6) is 0 Å². The summed E-state index contributed by atoms with van der Waals surface area (Å²) < 4.78 is 27.2. The van der Waals surface area contributed by atoms with Crippen LogP contribution in [0.15, 0.2) is 47.4 Å². The lowest BCUT2D eigenvalue weighted by Gasteiger charge is -2.31. The molecule has 1 amide bonds. The number of nitrogens with zero attached hydrogens (tertiary/aromatic N) is 2. The number of nitrogens with one attached hydrogen (secondary N) is 1. The predicted octanol–water partition coefficient (Wildman–Crippen LogP) is 3.11. The number of amides is 1. The van der Waals surface area contributed by atoms with Crippen molar-refractivity contribution >= 4 is 44.8 Å². The van der Waals surface area contributed by atoms with Gasteiger partial charge in [-0.1, -0.05) is 35.3 Å². The highest BCUT2D eigenvalue weighted by molar-refractivity contribution is 7.89. The quantitative estimate of drug-likeness (QED) is 0.773. The smallest absolute Gasteiger partial charge is 0.243 e. The van der Waals surface area contributed by atoms with Crippen LogP contribution >= 0.6 is 23.2 Å². The molecule has 1 N–H and O–H groups in total. The highest BCUT2D eigenvalue weighted by Crippen LogP contribution is 2.24. The number of carbonyl (C=O) groups is 1. The Hall–Kier alpha value is -1.64. The number of carbonyl (C=O) groups excluding carboxylic acids is 1. The second kappa shape index (κ2) is 8.80. The van der Waals surface area contributed by atoms with E-state index in [0.717, 1.165) is 0 Å². The monoisotopic (exact) mass is 441 g/mol. The summed E-state index contributed by atoms with van der Waals surface area (Å²) in [6, 6.07) is 11.3. The van der Waals surface area contributed by atoms with E-state index in [-0.39, 0.29) is 17.2 Å². The third-order valence-electron chi connectivity index (χ3n) is 4.57. The minimum Gasteiger partial charge on any atom is -0.326 e. The number of rotatable bonds is 5. The second-order valence-electron chi connectivity index (χ2n) is 6.71. The minimum absolute atomic E-state index is 0.103. The Labute approximate surface area is 175 Å². The first-order chi connectivity index (χ1) is 13.3. The van der Waals surface area contributed by atoms with E-state index in [1.54, 1.807) is 36.4 Å². The fraction of sp³-hybridized carbons (Fsp3) is 0.316. The van der Waals surface area contributed by atoms with E-state index in [0.29, 0.717) is 47.5 Å². The first-order valence-corrected chi connectivity index (χ1v) is 11.0. The Kier molecular flexibility index (Phi) is 6.62. The van der Waals surface area contributed by atoms with Crippen molar-refractivity contribution in [1.29, 1.82) is 0 Å². The van der Waals surface area contributed by atoms with Crippen LogP contribution in [0.2, 0.25) is 10.0 Å². The first kappa shape index (κ1) is 21.1. The van der Waals surface area contributed by atoms with Gasteiger partial charge in [0.25, 0.3) is 0 Å².